The van der Waals surface area contributed by atoms with Crippen molar-refractivity contribution in [3.63, 3.8) is 0 Å². The summed E-state index contributed by atoms with van der Waals surface area (Å²) in [5, 5.41) is 11.9. The van der Waals surface area contributed by atoms with Gasteiger partial charge in [-0.15, -0.1) is 11.8 Å². The van der Waals surface area contributed by atoms with Gasteiger partial charge in [-0.25, -0.2) is 4.79 Å². The average molecular weight is 401 g/mol. The first-order valence-corrected chi connectivity index (χ1v) is 10.3. The maximum Gasteiger partial charge on any atom is 0.323 e. The second-order valence-corrected chi connectivity index (χ2v) is 7.72. The maximum atomic E-state index is 12.9. The topological polar surface area (TPSA) is 65.4 Å². The summed E-state index contributed by atoms with van der Waals surface area (Å²) >= 11 is 1.72. The molecule has 5 nitrogen and oxygen atoms in total. The predicted octanol–water partition coefficient (Wildman–Crippen LogP) is 5.63. The molecule has 3 aromatic carbocycles. The van der Waals surface area contributed by atoms with Crippen molar-refractivity contribution in [3.05, 3.63) is 90.0 Å². The predicted molar refractivity (Wildman–Crippen MR) is 115 cm³/mol. The largest absolute Gasteiger partial charge is 0.457 e. The van der Waals surface area contributed by atoms with Gasteiger partial charge in [0, 0.05) is 18.0 Å². The summed E-state index contributed by atoms with van der Waals surface area (Å²) in [5.74, 6) is 2.37. The van der Waals surface area contributed by atoms with Crippen molar-refractivity contribution in [3.8, 4) is 17.6 Å². The molecule has 6 heteroatoms. The van der Waals surface area contributed by atoms with Crippen LogP contribution in [0.25, 0.3) is 0 Å². The molecule has 0 saturated carbocycles. The Labute approximate surface area is 173 Å². The first-order chi connectivity index (χ1) is 14.2. The number of thioether (sulfide) groups is 1. The monoisotopic (exact) mass is 401 g/mol. The number of amides is 2. The van der Waals surface area contributed by atoms with Crippen LogP contribution in [0.2, 0.25) is 0 Å². The number of hydrogen-bond donors (Lipinski definition) is 1. The molecule has 144 valence electrons. The molecule has 1 atom stereocenters. The second kappa shape index (κ2) is 8.72. The van der Waals surface area contributed by atoms with Gasteiger partial charge in [-0.3, -0.25) is 0 Å². The highest BCUT2D eigenvalue weighted by Crippen LogP contribution is 2.39. The van der Waals surface area contributed by atoms with Crippen molar-refractivity contribution in [1.82, 2.24) is 4.90 Å². The van der Waals surface area contributed by atoms with Crippen LogP contribution in [-0.4, -0.2) is 23.2 Å². The summed E-state index contributed by atoms with van der Waals surface area (Å²) < 4.78 is 5.94. The third-order valence-electron chi connectivity index (χ3n) is 4.52. The van der Waals surface area contributed by atoms with Crippen LogP contribution in [0.5, 0.6) is 11.5 Å². The van der Waals surface area contributed by atoms with E-state index in [-0.39, 0.29) is 11.4 Å². The minimum absolute atomic E-state index is 0.0894. The SMILES string of the molecule is N#Cc1cccc(NC(=O)N2CCSC2c2cccc(Oc3ccccc3)c2)c1. The fourth-order valence-electron chi connectivity index (χ4n) is 3.17. The molecule has 1 fully saturated rings. The van der Waals surface area contributed by atoms with Gasteiger partial charge in [-0.05, 0) is 48.0 Å². The molecule has 3 aromatic rings. The molecule has 1 unspecified atom stereocenters. The van der Waals surface area contributed by atoms with Crippen molar-refractivity contribution in [2.75, 3.05) is 17.6 Å². The van der Waals surface area contributed by atoms with E-state index in [2.05, 4.69) is 11.4 Å². The molecule has 1 saturated heterocycles. The highest BCUT2D eigenvalue weighted by molar-refractivity contribution is 7.99. The van der Waals surface area contributed by atoms with Crippen molar-refractivity contribution in [1.29, 1.82) is 5.26 Å². The van der Waals surface area contributed by atoms with Crippen LogP contribution in [0.3, 0.4) is 0 Å². The number of benzene rings is 3. The lowest BCUT2D eigenvalue weighted by atomic mass is 10.2. The summed E-state index contributed by atoms with van der Waals surface area (Å²) in [5.41, 5.74) is 2.15. The van der Waals surface area contributed by atoms with Gasteiger partial charge in [-0.2, -0.15) is 5.26 Å². The lowest BCUT2D eigenvalue weighted by Gasteiger charge is -2.24. The van der Waals surface area contributed by atoms with Gasteiger partial charge in [0.2, 0.25) is 0 Å². The average Bonchev–Trinajstić information content (AvgIpc) is 3.25. The third-order valence-corrected chi connectivity index (χ3v) is 5.78. The Kier molecular flexibility index (Phi) is 5.68. The van der Waals surface area contributed by atoms with Crippen LogP contribution in [0, 0.1) is 11.3 Å². The van der Waals surface area contributed by atoms with Crippen LogP contribution < -0.4 is 10.1 Å². The van der Waals surface area contributed by atoms with E-state index in [0.29, 0.717) is 17.8 Å². The zero-order chi connectivity index (χ0) is 20.1. The molecule has 4 rings (SSSR count). The first-order valence-electron chi connectivity index (χ1n) is 9.25. The van der Waals surface area contributed by atoms with E-state index in [1.54, 1.807) is 36.0 Å². The highest BCUT2D eigenvalue weighted by Gasteiger charge is 2.31. The zero-order valence-electron chi connectivity index (χ0n) is 15.6. The number of carbonyl (C=O) groups excluding carboxylic acids is 1. The van der Waals surface area contributed by atoms with E-state index in [1.807, 2.05) is 59.5 Å². The van der Waals surface area contributed by atoms with Gasteiger partial charge >= 0.3 is 6.03 Å². The number of urea groups is 1. The third kappa shape index (κ3) is 4.53. The Morgan fingerprint density at radius 3 is 2.66 bits per heavy atom. The number of hydrogen-bond acceptors (Lipinski definition) is 4. The molecular formula is C23H19N3O2S. The smallest absolute Gasteiger partial charge is 0.323 e. The Bertz CT molecular complexity index is 1050. The molecule has 0 aromatic heterocycles. The lowest BCUT2D eigenvalue weighted by molar-refractivity contribution is 0.214. The molecule has 0 radical (unpaired) electrons. The molecule has 1 N–H and O–H groups in total. The van der Waals surface area contributed by atoms with Crippen LogP contribution in [0.4, 0.5) is 10.5 Å². The number of anilines is 1. The molecular weight excluding hydrogens is 382 g/mol. The van der Waals surface area contributed by atoms with E-state index in [0.717, 1.165) is 22.8 Å². The van der Waals surface area contributed by atoms with Gasteiger partial charge < -0.3 is 15.0 Å². The van der Waals surface area contributed by atoms with Crippen LogP contribution in [0.15, 0.2) is 78.9 Å². The fraction of sp³-hybridized carbons (Fsp3) is 0.130. The summed E-state index contributed by atoms with van der Waals surface area (Å²) in [7, 11) is 0. The summed E-state index contributed by atoms with van der Waals surface area (Å²) in [6.07, 6.45) is 0. The van der Waals surface area contributed by atoms with Gasteiger partial charge in [0.05, 0.1) is 11.6 Å². The second-order valence-electron chi connectivity index (χ2n) is 6.53. The van der Waals surface area contributed by atoms with Gasteiger partial charge in [0.1, 0.15) is 16.9 Å². The van der Waals surface area contributed by atoms with Gasteiger partial charge in [0.15, 0.2) is 0 Å². The number of carbonyl (C=O) groups is 1. The number of ether oxygens (including phenoxy) is 1. The van der Waals surface area contributed by atoms with Crippen molar-refractivity contribution in [2.24, 2.45) is 0 Å². The minimum Gasteiger partial charge on any atom is -0.457 e. The number of para-hydroxylation sites is 1. The molecule has 0 bridgehead atoms. The standard InChI is InChI=1S/C23H19N3O2S/c24-16-17-6-4-8-19(14-17)25-23(27)26-12-13-29-22(26)18-7-5-11-21(15-18)28-20-9-2-1-3-10-20/h1-11,14-15,22H,12-13H2,(H,25,27). The summed E-state index contributed by atoms with van der Waals surface area (Å²) in [6, 6.07) is 26.3. The number of rotatable bonds is 4. The van der Waals surface area contributed by atoms with Gasteiger partial charge in [-0.1, -0.05) is 36.4 Å². The molecule has 1 heterocycles. The number of nitriles is 1. The van der Waals surface area contributed by atoms with E-state index in [4.69, 9.17) is 10.00 Å². The van der Waals surface area contributed by atoms with E-state index in [1.165, 1.54) is 0 Å². The zero-order valence-corrected chi connectivity index (χ0v) is 16.4. The molecule has 29 heavy (non-hydrogen) atoms. The van der Waals surface area contributed by atoms with E-state index < -0.39 is 0 Å². The first kappa shape index (κ1) is 18.9. The summed E-state index contributed by atoms with van der Waals surface area (Å²) in [4.78, 5) is 14.7. The minimum atomic E-state index is -0.176. The van der Waals surface area contributed by atoms with Crippen LogP contribution in [0.1, 0.15) is 16.5 Å². The van der Waals surface area contributed by atoms with Gasteiger partial charge in [0.25, 0.3) is 0 Å². The Morgan fingerprint density at radius 2 is 1.83 bits per heavy atom. The lowest BCUT2D eigenvalue weighted by Crippen LogP contribution is -2.34. The molecule has 1 aliphatic rings. The summed E-state index contributed by atoms with van der Waals surface area (Å²) in [6.45, 7) is 0.656. The molecule has 0 spiro atoms. The van der Waals surface area contributed by atoms with E-state index >= 15 is 0 Å². The molecule has 1 aliphatic heterocycles. The maximum absolute atomic E-state index is 12.9. The van der Waals surface area contributed by atoms with Crippen LogP contribution >= 0.6 is 11.8 Å². The van der Waals surface area contributed by atoms with Crippen molar-refractivity contribution >= 4 is 23.5 Å². The Hall–Kier alpha value is -3.43. The Morgan fingerprint density at radius 1 is 1.03 bits per heavy atom. The van der Waals surface area contributed by atoms with Crippen LogP contribution in [-0.2, 0) is 0 Å². The number of nitrogens with zero attached hydrogens (tertiary/aromatic N) is 2. The number of nitrogens with one attached hydrogen (secondary N) is 1. The fourth-order valence-corrected chi connectivity index (χ4v) is 4.42. The normalized spacial score (nSPS) is 15.6. The molecule has 2 amide bonds. The highest BCUT2D eigenvalue weighted by atomic mass is 32.2. The van der Waals surface area contributed by atoms with Crippen molar-refractivity contribution in [2.45, 2.75) is 5.37 Å². The van der Waals surface area contributed by atoms with Crippen molar-refractivity contribution < 1.29 is 9.53 Å². The molecule has 0 aliphatic carbocycles. The quantitative estimate of drug-likeness (QED) is 0.615. The van der Waals surface area contributed by atoms with E-state index in [9.17, 15) is 4.79 Å². The Balaban J connectivity index is 1.50.